The van der Waals surface area contributed by atoms with Gasteiger partial charge in [0.1, 0.15) is 0 Å². The third-order valence-electron chi connectivity index (χ3n) is 1.70. The lowest BCUT2D eigenvalue weighted by molar-refractivity contribution is 0.262. The standard InChI is InChI=1S/C6H13NO.ClH/c8-4-2-6-1-3-7-5-6;/h6-8H,1-5H2;1H. The van der Waals surface area contributed by atoms with E-state index >= 15 is 0 Å². The quantitative estimate of drug-likeness (QED) is 0.599. The van der Waals surface area contributed by atoms with Gasteiger partial charge in [-0.2, -0.15) is 0 Å². The third kappa shape index (κ3) is 3.04. The molecule has 0 aromatic rings. The molecule has 1 heterocycles. The van der Waals surface area contributed by atoms with Crippen LogP contribution in [0.25, 0.3) is 0 Å². The number of rotatable bonds is 2. The van der Waals surface area contributed by atoms with Crippen LogP contribution in [0.2, 0.25) is 0 Å². The van der Waals surface area contributed by atoms with E-state index in [-0.39, 0.29) is 12.4 Å². The van der Waals surface area contributed by atoms with Crippen molar-refractivity contribution in [1.82, 2.24) is 5.32 Å². The van der Waals surface area contributed by atoms with Gasteiger partial charge < -0.3 is 10.4 Å². The highest BCUT2D eigenvalue weighted by Crippen LogP contribution is 2.10. The van der Waals surface area contributed by atoms with Crippen molar-refractivity contribution >= 4 is 12.4 Å². The van der Waals surface area contributed by atoms with Crippen LogP contribution in [0.15, 0.2) is 0 Å². The fourth-order valence-corrected chi connectivity index (χ4v) is 1.14. The Morgan fingerprint density at radius 2 is 2.33 bits per heavy atom. The molecule has 0 saturated carbocycles. The maximum atomic E-state index is 8.50. The first-order valence-electron chi connectivity index (χ1n) is 3.25. The molecule has 0 aliphatic carbocycles. The van der Waals surface area contributed by atoms with Gasteiger partial charge in [-0.25, -0.2) is 0 Å². The van der Waals surface area contributed by atoms with Crippen molar-refractivity contribution in [3.63, 3.8) is 0 Å². The molecule has 1 fully saturated rings. The van der Waals surface area contributed by atoms with E-state index < -0.39 is 0 Å². The molecule has 9 heavy (non-hydrogen) atoms. The Bertz CT molecular complexity index is 64.1. The van der Waals surface area contributed by atoms with Crippen molar-refractivity contribution in [1.29, 1.82) is 0 Å². The largest absolute Gasteiger partial charge is 0.396 e. The SMILES string of the molecule is Cl.OCCC1CCNC1. The summed E-state index contributed by atoms with van der Waals surface area (Å²) in [6, 6.07) is 0. The van der Waals surface area contributed by atoms with Gasteiger partial charge in [0.25, 0.3) is 0 Å². The number of halogens is 1. The number of nitrogens with one attached hydrogen (secondary N) is 1. The van der Waals surface area contributed by atoms with Crippen molar-refractivity contribution in [2.45, 2.75) is 12.8 Å². The first kappa shape index (κ1) is 9.21. The van der Waals surface area contributed by atoms with Gasteiger partial charge in [0.05, 0.1) is 0 Å². The summed E-state index contributed by atoms with van der Waals surface area (Å²) in [5.41, 5.74) is 0. The first-order chi connectivity index (χ1) is 3.93. The highest BCUT2D eigenvalue weighted by Gasteiger charge is 2.12. The van der Waals surface area contributed by atoms with Crippen LogP contribution in [0, 0.1) is 5.92 Å². The van der Waals surface area contributed by atoms with E-state index in [1.807, 2.05) is 0 Å². The minimum atomic E-state index is 0. The lowest BCUT2D eigenvalue weighted by Crippen LogP contribution is -2.09. The summed E-state index contributed by atoms with van der Waals surface area (Å²) >= 11 is 0. The lowest BCUT2D eigenvalue weighted by Gasteiger charge is -2.01. The van der Waals surface area contributed by atoms with E-state index in [1.165, 1.54) is 6.42 Å². The Morgan fingerprint density at radius 1 is 1.56 bits per heavy atom. The molecular formula is C6H14ClNO. The van der Waals surface area contributed by atoms with Crippen molar-refractivity contribution in [2.75, 3.05) is 19.7 Å². The minimum Gasteiger partial charge on any atom is -0.396 e. The second-order valence-electron chi connectivity index (χ2n) is 2.37. The molecule has 0 amide bonds. The molecule has 1 aliphatic rings. The number of aliphatic hydroxyl groups is 1. The topological polar surface area (TPSA) is 32.3 Å². The van der Waals surface area contributed by atoms with E-state index in [0.29, 0.717) is 6.61 Å². The third-order valence-corrected chi connectivity index (χ3v) is 1.70. The normalized spacial score (nSPS) is 25.7. The number of aliphatic hydroxyl groups excluding tert-OH is 1. The Morgan fingerprint density at radius 3 is 2.78 bits per heavy atom. The molecule has 0 aromatic heterocycles. The summed E-state index contributed by atoms with van der Waals surface area (Å²) < 4.78 is 0. The lowest BCUT2D eigenvalue weighted by atomic mass is 10.1. The van der Waals surface area contributed by atoms with Crippen molar-refractivity contribution in [2.24, 2.45) is 5.92 Å². The van der Waals surface area contributed by atoms with Crippen LogP contribution in [0.4, 0.5) is 0 Å². The number of hydrogen-bond donors (Lipinski definition) is 2. The minimum absolute atomic E-state index is 0. The number of hydrogen-bond acceptors (Lipinski definition) is 2. The summed E-state index contributed by atoms with van der Waals surface area (Å²) in [4.78, 5) is 0. The average Bonchev–Trinajstić information content (AvgIpc) is 2.19. The van der Waals surface area contributed by atoms with Crippen LogP contribution in [0.1, 0.15) is 12.8 Å². The molecule has 1 rings (SSSR count). The van der Waals surface area contributed by atoms with E-state index in [0.717, 1.165) is 25.4 Å². The molecule has 2 nitrogen and oxygen atoms in total. The molecule has 1 unspecified atom stereocenters. The van der Waals surface area contributed by atoms with Gasteiger partial charge in [0.2, 0.25) is 0 Å². The van der Waals surface area contributed by atoms with E-state index in [9.17, 15) is 0 Å². The van der Waals surface area contributed by atoms with Gasteiger partial charge in [0.15, 0.2) is 0 Å². The van der Waals surface area contributed by atoms with Gasteiger partial charge in [-0.1, -0.05) is 0 Å². The van der Waals surface area contributed by atoms with Crippen LogP contribution < -0.4 is 5.32 Å². The monoisotopic (exact) mass is 151 g/mol. The zero-order valence-corrected chi connectivity index (χ0v) is 6.28. The first-order valence-corrected chi connectivity index (χ1v) is 3.25. The summed E-state index contributed by atoms with van der Waals surface area (Å²) in [5, 5.41) is 11.7. The summed E-state index contributed by atoms with van der Waals surface area (Å²) in [6.45, 7) is 2.61. The molecule has 1 atom stereocenters. The fraction of sp³-hybridized carbons (Fsp3) is 1.00. The zero-order chi connectivity index (χ0) is 5.82. The van der Waals surface area contributed by atoms with Crippen molar-refractivity contribution < 1.29 is 5.11 Å². The highest BCUT2D eigenvalue weighted by molar-refractivity contribution is 5.85. The average molecular weight is 152 g/mol. The Kier molecular flexibility index (Phi) is 5.15. The fourth-order valence-electron chi connectivity index (χ4n) is 1.14. The Balaban J connectivity index is 0.000000640. The van der Waals surface area contributed by atoms with Crippen LogP contribution >= 0.6 is 12.4 Å². The molecule has 0 spiro atoms. The summed E-state index contributed by atoms with van der Waals surface area (Å²) in [6.07, 6.45) is 2.23. The Hall–Kier alpha value is 0.210. The summed E-state index contributed by atoms with van der Waals surface area (Å²) in [5.74, 6) is 0.750. The molecule has 0 radical (unpaired) electrons. The Labute approximate surface area is 62.1 Å². The molecular weight excluding hydrogens is 138 g/mol. The second-order valence-corrected chi connectivity index (χ2v) is 2.37. The molecule has 3 heteroatoms. The van der Waals surface area contributed by atoms with Crippen molar-refractivity contribution in [3.8, 4) is 0 Å². The predicted molar refractivity (Wildman–Crippen MR) is 39.9 cm³/mol. The van der Waals surface area contributed by atoms with Gasteiger partial charge in [-0.05, 0) is 31.8 Å². The van der Waals surface area contributed by atoms with Gasteiger partial charge >= 0.3 is 0 Å². The molecule has 0 aromatic carbocycles. The van der Waals surface area contributed by atoms with Crippen LogP contribution in [-0.2, 0) is 0 Å². The predicted octanol–water partition coefficient (Wildman–Crippen LogP) is 0.400. The maximum absolute atomic E-state index is 8.50. The van der Waals surface area contributed by atoms with Crippen LogP contribution in [0.5, 0.6) is 0 Å². The zero-order valence-electron chi connectivity index (χ0n) is 5.47. The maximum Gasteiger partial charge on any atom is 0.0434 e. The molecule has 0 bridgehead atoms. The van der Waals surface area contributed by atoms with Crippen molar-refractivity contribution in [3.05, 3.63) is 0 Å². The smallest absolute Gasteiger partial charge is 0.0434 e. The van der Waals surface area contributed by atoms with Crippen LogP contribution in [-0.4, -0.2) is 24.8 Å². The van der Waals surface area contributed by atoms with Crippen LogP contribution in [0.3, 0.4) is 0 Å². The second kappa shape index (κ2) is 5.03. The molecule has 1 saturated heterocycles. The van der Waals surface area contributed by atoms with Gasteiger partial charge in [-0.15, -0.1) is 12.4 Å². The van der Waals surface area contributed by atoms with Gasteiger partial charge in [-0.3, -0.25) is 0 Å². The summed E-state index contributed by atoms with van der Waals surface area (Å²) in [7, 11) is 0. The van der Waals surface area contributed by atoms with E-state index in [2.05, 4.69) is 5.32 Å². The van der Waals surface area contributed by atoms with E-state index in [4.69, 9.17) is 5.11 Å². The molecule has 1 aliphatic heterocycles. The molecule has 2 N–H and O–H groups in total. The highest BCUT2D eigenvalue weighted by atomic mass is 35.5. The van der Waals surface area contributed by atoms with Gasteiger partial charge in [0, 0.05) is 6.61 Å². The van der Waals surface area contributed by atoms with E-state index in [1.54, 1.807) is 0 Å². The molecule has 56 valence electrons.